The van der Waals surface area contributed by atoms with E-state index in [1.165, 1.54) is 6.07 Å². The first-order valence-electron chi connectivity index (χ1n) is 4.50. The van der Waals surface area contributed by atoms with Gasteiger partial charge in [-0.1, -0.05) is 0 Å². The van der Waals surface area contributed by atoms with E-state index in [0.717, 1.165) is 6.07 Å². The topological polar surface area (TPSA) is 17.8 Å². The molecule has 0 spiro atoms. The van der Waals surface area contributed by atoms with Gasteiger partial charge in [0.15, 0.2) is 5.82 Å². The summed E-state index contributed by atoms with van der Waals surface area (Å²) in [4.78, 5) is 4.08. The average molecular weight is 231 g/mol. The predicted molar refractivity (Wildman–Crippen MR) is 55.1 cm³/mol. The van der Waals surface area contributed by atoms with E-state index in [4.69, 9.17) is 11.6 Å². The fourth-order valence-electron chi connectivity index (χ4n) is 1.57. The molecule has 0 atom stereocenters. The lowest BCUT2D eigenvalue weighted by Gasteiger charge is -1.99. The third-order valence-electron chi connectivity index (χ3n) is 2.32. The number of halogens is 3. The van der Waals surface area contributed by atoms with Gasteiger partial charge in [0.05, 0.1) is 5.52 Å². The number of aromatic nitrogens is 2. The lowest BCUT2D eigenvalue weighted by Crippen LogP contribution is -1.98. The second kappa shape index (κ2) is 3.77. The Morgan fingerprint density at radius 1 is 1.40 bits per heavy atom. The minimum Gasteiger partial charge on any atom is -0.331 e. The average Bonchev–Trinajstić information content (AvgIpc) is 2.47. The number of benzene rings is 1. The van der Waals surface area contributed by atoms with Crippen LogP contribution in [-0.4, -0.2) is 15.4 Å². The Balaban J connectivity index is 2.70. The molecule has 2 aromatic rings. The summed E-state index contributed by atoms with van der Waals surface area (Å²) in [5, 5.41) is 0. The van der Waals surface area contributed by atoms with Crippen LogP contribution in [0.5, 0.6) is 0 Å². The van der Waals surface area contributed by atoms with Crippen LogP contribution in [0.1, 0.15) is 5.82 Å². The molecule has 1 aromatic carbocycles. The first-order chi connectivity index (χ1) is 7.13. The molecule has 0 aliphatic heterocycles. The van der Waals surface area contributed by atoms with Crippen LogP contribution in [0, 0.1) is 11.6 Å². The molecule has 80 valence electrons. The Labute approximate surface area is 90.5 Å². The maximum Gasteiger partial charge on any atom is 0.153 e. The summed E-state index contributed by atoms with van der Waals surface area (Å²) in [5.74, 6) is -0.173. The molecule has 1 aromatic heterocycles. The Morgan fingerprint density at radius 2 is 2.13 bits per heavy atom. The fraction of sp³-hybridized carbons (Fsp3) is 0.300. The van der Waals surface area contributed by atoms with Crippen LogP contribution in [0.4, 0.5) is 8.78 Å². The van der Waals surface area contributed by atoms with E-state index in [1.54, 1.807) is 11.6 Å². The van der Waals surface area contributed by atoms with E-state index in [2.05, 4.69) is 4.98 Å². The van der Waals surface area contributed by atoms with Crippen LogP contribution < -0.4 is 0 Å². The second-order valence-electron chi connectivity index (χ2n) is 3.28. The van der Waals surface area contributed by atoms with E-state index in [1.807, 2.05) is 0 Å². The highest BCUT2D eigenvalue weighted by Gasteiger charge is 2.12. The molecule has 0 aliphatic rings. The van der Waals surface area contributed by atoms with Gasteiger partial charge in [-0.15, -0.1) is 11.6 Å². The molecule has 15 heavy (non-hydrogen) atoms. The molecule has 0 radical (unpaired) electrons. The third kappa shape index (κ3) is 1.69. The van der Waals surface area contributed by atoms with Crippen molar-refractivity contribution in [2.24, 2.45) is 7.05 Å². The zero-order chi connectivity index (χ0) is 11.0. The van der Waals surface area contributed by atoms with Crippen LogP contribution in [0.2, 0.25) is 0 Å². The normalized spacial score (nSPS) is 11.2. The Hall–Kier alpha value is -1.16. The number of nitrogens with zero attached hydrogens (tertiary/aromatic N) is 2. The third-order valence-corrected chi connectivity index (χ3v) is 2.50. The van der Waals surface area contributed by atoms with Crippen molar-refractivity contribution in [3.63, 3.8) is 0 Å². The van der Waals surface area contributed by atoms with Gasteiger partial charge in [-0.05, 0) is 6.07 Å². The first kappa shape index (κ1) is 10.4. The molecule has 0 N–H and O–H groups in total. The Morgan fingerprint density at radius 3 is 2.80 bits per heavy atom. The van der Waals surface area contributed by atoms with Gasteiger partial charge in [0.2, 0.25) is 0 Å². The van der Waals surface area contributed by atoms with Gasteiger partial charge < -0.3 is 4.57 Å². The van der Waals surface area contributed by atoms with Crippen LogP contribution in [-0.2, 0) is 13.5 Å². The van der Waals surface area contributed by atoms with E-state index < -0.39 is 11.6 Å². The summed E-state index contributed by atoms with van der Waals surface area (Å²) in [7, 11) is 1.72. The summed E-state index contributed by atoms with van der Waals surface area (Å²) in [6.07, 6.45) is 0.536. The number of alkyl halides is 1. The van der Waals surface area contributed by atoms with E-state index in [-0.39, 0.29) is 5.52 Å². The van der Waals surface area contributed by atoms with Crippen molar-refractivity contribution in [1.29, 1.82) is 0 Å². The predicted octanol–water partition coefficient (Wildman–Crippen LogP) is 2.63. The number of fused-ring (bicyclic) bond motifs is 1. The monoisotopic (exact) mass is 230 g/mol. The minimum atomic E-state index is -0.638. The van der Waals surface area contributed by atoms with Crippen LogP contribution >= 0.6 is 11.6 Å². The lowest BCUT2D eigenvalue weighted by molar-refractivity contribution is 0.590. The van der Waals surface area contributed by atoms with Crippen molar-refractivity contribution < 1.29 is 8.78 Å². The highest BCUT2D eigenvalue weighted by Crippen LogP contribution is 2.20. The quantitative estimate of drug-likeness (QED) is 0.726. The molecule has 2 nitrogen and oxygen atoms in total. The molecular formula is C10H9ClF2N2. The Kier molecular flexibility index (Phi) is 2.61. The van der Waals surface area contributed by atoms with Crippen molar-refractivity contribution >= 4 is 22.6 Å². The van der Waals surface area contributed by atoms with Gasteiger partial charge in [0.25, 0.3) is 0 Å². The maximum absolute atomic E-state index is 13.3. The zero-order valence-corrected chi connectivity index (χ0v) is 8.85. The summed E-state index contributed by atoms with van der Waals surface area (Å²) < 4.78 is 28.0. The maximum atomic E-state index is 13.3. The van der Waals surface area contributed by atoms with Crippen LogP contribution in [0.3, 0.4) is 0 Å². The molecule has 0 amide bonds. The molecule has 0 bridgehead atoms. The molecule has 0 unspecified atom stereocenters. The molecule has 1 heterocycles. The van der Waals surface area contributed by atoms with E-state index in [9.17, 15) is 8.78 Å². The number of rotatable bonds is 2. The SMILES string of the molecule is Cn1c(CCCl)nc2c(F)cc(F)cc21. The highest BCUT2D eigenvalue weighted by atomic mass is 35.5. The first-order valence-corrected chi connectivity index (χ1v) is 5.03. The van der Waals surface area contributed by atoms with Crippen molar-refractivity contribution in [3.05, 3.63) is 29.6 Å². The van der Waals surface area contributed by atoms with Gasteiger partial charge in [-0.3, -0.25) is 0 Å². The highest BCUT2D eigenvalue weighted by molar-refractivity contribution is 6.17. The molecule has 5 heteroatoms. The van der Waals surface area contributed by atoms with E-state index in [0.29, 0.717) is 23.6 Å². The van der Waals surface area contributed by atoms with Crippen molar-refractivity contribution in [3.8, 4) is 0 Å². The van der Waals surface area contributed by atoms with Gasteiger partial charge in [0.1, 0.15) is 17.2 Å². The molecule has 0 aliphatic carbocycles. The molecular weight excluding hydrogens is 222 g/mol. The molecule has 0 saturated carbocycles. The summed E-state index contributed by atoms with van der Waals surface area (Å²) in [6, 6.07) is 2.10. The summed E-state index contributed by atoms with van der Waals surface area (Å²) in [6.45, 7) is 0. The molecule has 0 fully saturated rings. The number of imidazole rings is 1. The number of aryl methyl sites for hydroxylation is 2. The van der Waals surface area contributed by atoms with Crippen LogP contribution in [0.15, 0.2) is 12.1 Å². The van der Waals surface area contributed by atoms with Crippen molar-refractivity contribution in [2.75, 3.05) is 5.88 Å². The van der Waals surface area contributed by atoms with Gasteiger partial charge in [0, 0.05) is 25.4 Å². The number of hydrogen-bond acceptors (Lipinski definition) is 1. The van der Waals surface area contributed by atoms with Crippen molar-refractivity contribution in [2.45, 2.75) is 6.42 Å². The molecule has 2 rings (SSSR count). The minimum absolute atomic E-state index is 0.194. The number of hydrogen-bond donors (Lipinski definition) is 0. The second-order valence-corrected chi connectivity index (χ2v) is 3.66. The lowest BCUT2D eigenvalue weighted by atomic mass is 10.3. The molecule has 0 saturated heterocycles. The largest absolute Gasteiger partial charge is 0.331 e. The smallest absolute Gasteiger partial charge is 0.153 e. The summed E-state index contributed by atoms with van der Waals surface area (Å²) in [5.41, 5.74) is 0.645. The Bertz CT molecular complexity index is 508. The fourth-order valence-corrected chi connectivity index (χ4v) is 1.74. The van der Waals surface area contributed by atoms with Gasteiger partial charge in [-0.25, -0.2) is 13.8 Å². The van der Waals surface area contributed by atoms with Gasteiger partial charge in [-0.2, -0.15) is 0 Å². The summed E-state index contributed by atoms with van der Waals surface area (Å²) >= 11 is 5.59. The van der Waals surface area contributed by atoms with E-state index >= 15 is 0 Å². The standard InChI is InChI=1S/C10H9ClF2N2/c1-15-8-5-6(12)4-7(13)10(8)14-9(15)2-3-11/h4-5H,2-3H2,1H3. The van der Waals surface area contributed by atoms with Crippen LogP contribution in [0.25, 0.3) is 11.0 Å². The zero-order valence-electron chi connectivity index (χ0n) is 8.10. The van der Waals surface area contributed by atoms with Gasteiger partial charge >= 0.3 is 0 Å². The van der Waals surface area contributed by atoms with Crippen molar-refractivity contribution in [1.82, 2.24) is 9.55 Å².